The standard InChI is InChI=1S/C13H16IN3/c1-15-12(13-7-8-16-17(13)2)9-10-3-5-11(14)6-4-10/h3-8,12,15H,9H2,1-2H3. The minimum Gasteiger partial charge on any atom is -0.311 e. The molecule has 2 rings (SSSR count). The number of aromatic nitrogens is 2. The Morgan fingerprint density at radius 1 is 1.29 bits per heavy atom. The summed E-state index contributed by atoms with van der Waals surface area (Å²) in [6.45, 7) is 0. The molecule has 0 amide bonds. The predicted molar refractivity (Wildman–Crippen MR) is 77.9 cm³/mol. The fourth-order valence-corrected chi connectivity index (χ4v) is 2.30. The normalized spacial score (nSPS) is 12.6. The zero-order valence-electron chi connectivity index (χ0n) is 10.0. The molecule has 0 spiro atoms. The van der Waals surface area contributed by atoms with Crippen molar-refractivity contribution in [2.45, 2.75) is 12.5 Å². The maximum absolute atomic E-state index is 4.22. The van der Waals surface area contributed by atoms with Crippen molar-refractivity contribution in [1.29, 1.82) is 0 Å². The van der Waals surface area contributed by atoms with E-state index in [1.165, 1.54) is 14.8 Å². The molecule has 0 fully saturated rings. The van der Waals surface area contributed by atoms with Gasteiger partial charge in [-0.25, -0.2) is 0 Å². The smallest absolute Gasteiger partial charge is 0.0553 e. The van der Waals surface area contributed by atoms with Gasteiger partial charge in [-0.05, 0) is 59.8 Å². The van der Waals surface area contributed by atoms with Gasteiger partial charge in [-0.3, -0.25) is 4.68 Å². The van der Waals surface area contributed by atoms with Crippen LogP contribution in [0.15, 0.2) is 36.5 Å². The van der Waals surface area contributed by atoms with Crippen molar-refractivity contribution in [1.82, 2.24) is 15.1 Å². The van der Waals surface area contributed by atoms with E-state index in [0.717, 1.165) is 6.42 Å². The molecule has 2 aromatic rings. The van der Waals surface area contributed by atoms with Gasteiger partial charge in [0, 0.05) is 16.8 Å². The Hall–Kier alpha value is -0.880. The van der Waals surface area contributed by atoms with Crippen molar-refractivity contribution in [3.05, 3.63) is 51.4 Å². The average molecular weight is 341 g/mol. The van der Waals surface area contributed by atoms with Crippen molar-refractivity contribution < 1.29 is 0 Å². The molecule has 4 heteroatoms. The van der Waals surface area contributed by atoms with E-state index in [4.69, 9.17) is 0 Å². The summed E-state index contributed by atoms with van der Waals surface area (Å²) in [5.74, 6) is 0. The van der Waals surface area contributed by atoms with E-state index >= 15 is 0 Å². The Balaban J connectivity index is 2.16. The van der Waals surface area contributed by atoms with E-state index in [2.05, 4.69) is 63.3 Å². The molecule has 1 N–H and O–H groups in total. The first-order valence-corrected chi connectivity index (χ1v) is 6.68. The van der Waals surface area contributed by atoms with Crippen LogP contribution in [0.2, 0.25) is 0 Å². The number of hydrogen-bond donors (Lipinski definition) is 1. The van der Waals surface area contributed by atoms with E-state index in [-0.39, 0.29) is 0 Å². The molecule has 0 aliphatic carbocycles. The second kappa shape index (κ2) is 5.64. The van der Waals surface area contributed by atoms with Crippen molar-refractivity contribution in [2.75, 3.05) is 7.05 Å². The molecule has 0 saturated carbocycles. The first kappa shape index (κ1) is 12.6. The maximum atomic E-state index is 4.22. The molecule has 1 heterocycles. The molecule has 1 aromatic carbocycles. The lowest BCUT2D eigenvalue weighted by Crippen LogP contribution is -2.21. The van der Waals surface area contributed by atoms with Crippen molar-refractivity contribution in [3.63, 3.8) is 0 Å². The summed E-state index contributed by atoms with van der Waals surface area (Å²) in [5.41, 5.74) is 2.55. The molecule has 0 bridgehead atoms. The third-order valence-corrected chi connectivity index (χ3v) is 3.64. The van der Waals surface area contributed by atoms with Crippen molar-refractivity contribution in [3.8, 4) is 0 Å². The molecule has 0 aliphatic heterocycles. The fraction of sp³-hybridized carbons (Fsp3) is 0.308. The van der Waals surface area contributed by atoms with Crippen LogP contribution < -0.4 is 5.32 Å². The second-order valence-electron chi connectivity index (χ2n) is 4.05. The van der Waals surface area contributed by atoms with Gasteiger partial charge in [0.2, 0.25) is 0 Å². The van der Waals surface area contributed by atoms with Gasteiger partial charge >= 0.3 is 0 Å². The van der Waals surface area contributed by atoms with Crippen LogP contribution in [0.4, 0.5) is 0 Å². The lowest BCUT2D eigenvalue weighted by Gasteiger charge is -2.16. The molecule has 1 aromatic heterocycles. The van der Waals surface area contributed by atoms with Gasteiger partial charge in [0.1, 0.15) is 0 Å². The molecule has 0 aliphatic rings. The molecule has 90 valence electrons. The Bertz CT molecular complexity index is 476. The monoisotopic (exact) mass is 341 g/mol. The van der Waals surface area contributed by atoms with Crippen LogP contribution in [0, 0.1) is 3.57 Å². The number of likely N-dealkylation sites (N-methyl/N-ethyl adjacent to an activating group) is 1. The Labute approximate surface area is 115 Å². The number of hydrogen-bond acceptors (Lipinski definition) is 2. The van der Waals surface area contributed by atoms with Crippen LogP contribution in [0.25, 0.3) is 0 Å². The molecular formula is C13H16IN3. The molecule has 1 unspecified atom stereocenters. The quantitative estimate of drug-likeness (QED) is 0.867. The Morgan fingerprint density at radius 2 is 2.00 bits per heavy atom. The van der Waals surface area contributed by atoms with Gasteiger partial charge in [-0.2, -0.15) is 5.10 Å². The molecule has 0 radical (unpaired) electrons. The largest absolute Gasteiger partial charge is 0.311 e. The number of benzene rings is 1. The molecule has 0 saturated heterocycles. The van der Waals surface area contributed by atoms with Gasteiger partial charge < -0.3 is 5.32 Å². The molecule has 3 nitrogen and oxygen atoms in total. The van der Waals surface area contributed by atoms with Crippen LogP contribution in [0.5, 0.6) is 0 Å². The van der Waals surface area contributed by atoms with Crippen molar-refractivity contribution >= 4 is 22.6 Å². The summed E-state index contributed by atoms with van der Waals surface area (Å²) in [6, 6.07) is 11.0. The lowest BCUT2D eigenvalue weighted by molar-refractivity contribution is 0.537. The van der Waals surface area contributed by atoms with Gasteiger partial charge in [-0.15, -0.1) is 0 Å². The minimum atomic E-state index is 0.308. The third kappa shape index (κ3) is 3.07. The van der Waals surface area contributed by atoms with Gasteiger partial charge in [0.25, 0.3) is 0 Å². The van der Waals surface area contributed by atoms with Gasteiger partial charge in [-0.1, -0.05) is 12.1 Å². The SMILES string of the molecule is CNC(Cc1ccc(I)cc1)c1ccnn1C. The van der Waals surface area contributed by atoms with E-state index in [1.807, 2.05) is 25.0 Å². The van der Waals surface area contributed by atoms with Crippen LogP contribution >= 0.6 is 22.6 Å². The highest BCUT2D eigenvalue weighted by atomic mass is 127. The summed E-state index contributed by atoms with van der Waals surface area (Å²) >= 11 is 2.33. The van der Waals surface area contributed by atoms with E-state index in [0.29, 0.717) is 6.04 Å². The van der Waals surface area contributed by atoms with E-state index < -0.39 is 0 Å². The number of nitrogens with zero attached hydrogens (tertiary/aromatic N) is 2. The third-order valence-electron chi connectivity index (χ3n) is 2.92. The second-order valence-corrected chi connectivity index (χ2v) is 5.30. The summed E-state index contributed by atoms with van der Waals surface area (Å²) in [6.07, 6.45) is 2.82. The van der Waals surface area contributed by atoms with E-state index in [9.17, 15) is 0 Å². The van der Waals surface area contributed by atoms with Crippen LogP contribution in [0.3, 0.4) is 0 Å². The Morgan fingerprint density at radius 3 is 2.53 bits per heavy atom. The molecule has 1 atom stereocenters. The minimum absolute atomic E-state index is 0.308. The van der Waals surface area contributed by atoms with Gasteiger partial charge in [0.05, 0.1) is 11.7 Å². The topological polar surface area (TPSA) is 29.9 Å². The number of aryl methyl sites for hydroxylation is 1. The summed E-state index contributed by atoms with van der Waals surface area (Å²) < 4.78 is 3.20. The molecule has 17 heavy (non-hydrogen) atoms. The van der Waals surface area contributed by atoms with Crippen LogP contribution in [-0.4, -0.2) is 16.8 Å². The van der Waals surface area contributed by atoms with Gasteiger partial charge in [0.15, 0.2) is 0 Å². The zero-order valence-corrected chi connectivity index (χ0v) is 12.2. The molecular weight excluding hydrogens is 325 g/mol. The first-order chi connectivity index (χ1) is 8.20. The lowest BCUT2D eigenvalue weighted by atomic mass is 10.0. The highest BCUT2D eigenvalue weighted by molar-refractivity contribution is 14.1. The van der Waals surface area contributed by atoms with E-state index in [1.54, 1.807) is 0 Å². The van der Waals surface area contributed by atoms with Crippen LogP contribution in [-0.2, 0) is 13.5 Å². The fourth-order valence-electron chi connectivity index (χ4n) is 1.94. The average Bonchev–Trinajstić information content (AvgIpc) is 2.75. The highest BCUT2D eigenvalue weighted by Gasteiger charge is 2.13. The number of rotatable bonds is 4. The zero-order chi connectivity index (χ0) is 12.3. The Kier molecular flexibility index (Phi) is 4.17. The summed E-state index contributed by atoms with van der Waals surface area (Å²) in [5, 5.41) is 7.56. The number of halogens is 1. The number of nitrogens with one attached hydrogen (secondary N) is 1. The van der Waals surface area contributed by atoms with Crippen molar-refractivity contribution in [2.24, 2.45) is 7.05 Å². The summed E-state index contributed by atoms with van der Waals surface area (Å²) in [4.78, 5) is 0. The predicted octanol–water partition coefficient (Wildman–Crippen LogP) is 2.53. The van der Waals surface area contributed by atoms with Crippen LogP contribution in [0.1, 0.15) is 17.3 Å². The highest BCUT2D eigenvalue weighted by Crippen LogP contribution is 2.18. The first-order valence-electron chi connectivity index (χ1n) is 5.60. The maximum Gasteiger partial charge on any atom is 0.0553 e. The summed E-state index contributed by atoms with van der Waals surface area (Å²) in [7, 11) is 3.97.